The molecule has 1 heterocycles. The normalized spacial score (nSPS) is 13.0. The zero-order valence-corrected chi connectivity index (χ0v) is 9.14. The standard InChI is InChI=1S/C11H17NO3/c1-3-10(11(13)14)12(4-2)8-9-6-5-7-15-9/h5-7,10H,3-4,8H2,1-2H3,(H,13,14). The third-order valence-electron chi connectivity index (χ3n) is 2.46. The second kappa shape index (κ2) is 5.56. The van der Waals surface area contributed by atoms with E-state index in [1.807, 2.05) is 30.9 Å². The van der Waals surface area contributed by atoms with E-state index >= 15 is 0 Å². The molecule has 0 aliphatic carbocycles. The second-order valence-electron chi connectivity index (χ2n) is 3.40. The molecule has 0 bridgehead atoms. The van der Waals surface area contributed by atoms with Gasteiger partial charge in [0.25, 0.3) is 0 Å². The van der Waals surface area contributed by atoms with E-state index in [4.69, 9.17) is 9.52 Å². The first kappa shape index (κ1) is 11.8. The van der Waals surface area contributed by atoms with E-state index in [-0.39, 0.29) is 0 Å². The van der Waals surface area contributed by atoms with Crippen molar-refractivity contribution in [2.24, 2.45) is 0 Å². The van der Waals surface area contributed by atoms with Gasteiger partial charge in [0.2, 0.25) is 0 Å². The monoisotopic (exact) mass is 211 g/mol. The number of likely N-dealkylation sites (N-methyl/N-ethyl adjacent to an activating group) is 1. The smallest absolute Gasteiger partial charge is 0.320 e. The lowest BCUT2D eigenvalue weighted by molar-refractivity contribution is -0.143. The van der Waals surface area contributed by atoms with Gasteiger partial charge in [0, 0.05) is 0 Å². The largest absolute Gasteiger partial charge is 0.480 e. The summed E-state index contributed by atoms with van der Waals surface area (Å²) in [5.74, 6) is 0.0301. The minimum Gasteiger partial charge on any atom is -0.480 e. The van der Waals surface area contributed by atoms with Crippen LogP contribution in [0.1, 0.15) is 26.0 Å². The Kier molecular flexibility index (Phi) is 4.37. The van der Waals surface area contributed by atoms with Crippen LogP contribution in [0.4, 0.5) is 0 Å². The van der Waals surface area contributed by atoms with Crippen molar-refractivity contribution < 1.29 is 14.3 Å². The number of rotatable bonds is 6. The Hall–Kier alpha value is -1.29. The maximum absolute atomic E-state index is 11.0. The Balaban J connectivity index is 2.65. The molecule has 1 unspecified atom stereocenters. The summed E-state index contributed by atoms with van der Waals surface area (Å²) in [5, 5.41) is 9.03. The number of carboxylic acids is 1. The minimum atomic E-state index is -0.772. The number of carbonyl (C=O) groups is 1. The summed E-state index contributed by atoms with van der Waals surface area (Å²) in [4.78, 5) is 12.9. The van der Waals surface area contributed by atoms with Gasteiger partial charge in [0.05, 0.1) is 12.8 Å². The lowest BCUT2D eigenvalue weighted by atomic mass is 10.2. The summed E-state index contributed by atoms with van der Waals surface area (Å²) in [7, 11) is 0. The number of hydrogen-bond acceptors (Lipinski definition) is 3. The van der Waals surface area contributed by atoms with E-state index in [1.54, 1.807) is 6.26 Å². The molecule has 15 heavy (non-hydrogen) atoms. The van der Waals surface area contributed by atoms with Crippen LogP contribution in [-0.2, 0) is 11.3 Å². The molecule has 1 atom stereocenters. The number of furan rings is 1. The van der Waals surface area contributed by atoms with Crippen molar-refractivity contribution in [2.75, 3.05) is 6.54 Å². The summed E-state index contributed by atoms with van der Waals surface area (Å²) >= 11 is 0. The fraction of sp³-hybridized carbons (Fsp3) is 0.545. The summed E-state index contributed by atoms with van der Waals surface area (Å²) < 4.78 is 5.21. The van der Waals surface area contributed by atoms with Gasteiger partial charge in [0.1, 0.15) is 11.8 Å². The third kappa shape index (κ3) is 3.09. The van der Waals surface area contributed by atoms with Crippen LogP contribution in [0, 0.1) is 0 Å². The molecule has 0 aliphatic rings. The second-order valence-corrected chi connectivity index (χ2v) is 3.40. The Bertz CT molecular complexity index is 295. The van der Waals surface area contributed by atoms with Crippen LogP contribution in [0.5, 0.6) is 0 Å². The molecule has 0 aliphatic heterocycles. The van der Waals surface area contributed by atoms with Crippen LogP contribution < -0.4 is 0 Å². The highest BCUT2D eigenvalue weighted by Crippen LogP contribution is 2.11. The lowest BCUT2D eigenvalue weighted by Gasteiger charge is -2.25. The first-order valence-electron chi connectivity index (χ1n) is 5.18. The van der Waals surface area contributed by atoms with Gasteiger partial charge in [-0.3, -0.25) is 9.69 Å². The third-order valence-corrected chi connectivity index (χ3v) is 2.46. The fourth-order valence-corrected chi connectivity index (χ4v) is 1.63. The van der Waals surface area contributed by atoms with Crippen molar-refractivity contribution >= 4 is 5.97 Å². The molecule has 0 radical (unpaired) electrons. The molecule has 0 aromatic carbocycles. The van der Waals surface area contributed by atoms with Crippen molar-refractivity contribution in [3.63, 3.8) is 0 Å². The van der Waals surface area contributed by atoms with Crippen molar-refractivity contribution in [1.29, 1.82) is 0 Å². The van der Waals surface area contributed by atoms with Crippen molar-refractivity contribution in [2.45, 2.75) is 32.9 Å². The molecule has 1 N–H and O–H groups in total. The molecule has 1 aromatic rings. The Morgan fingerprint density at radius 2 is 2.33 bits per heavy atom. The summed E-state index contributed by atoms with van der Waals surface area (Å²) in [5.41, 5.74) is 0. The number of carboxylic acid groups (broad SMARTS) is 1. The minimum absolute atomic E-state index is 0.430. The quantitative estimate of drug-likeness (QED) is 0.781. The molecule has 4 heteroatoms. The average Bonchev–Trinajstić information content (AvgIpc) is 2.69. The van der Waals surface area contributed by atoms with E-state index in [0.717, 1.165) is 5.76 Å². The van der Waals surface area contributed by atoms with E-state index in [9.17, 15) is 4.79 Å². The highest BCUT2D eigenvalue weighted by atomic mass is 16.4. The average molecular weight is 211 g/mol. The van der Waals surface area contributed by atoms with E-state index in [0.29, 0.717) is 19.5 Å². The van der Waals surface area contributed by atoms with E-state index in [1.165, 1.54) is 0 Å². The van der Waals surface area contributed by atoms with Gasteiger partial charge < -0.3 is 9.52 Å². The molecule has 0 saturated heterocycles. The zero-order chi connectivity index (χ0) is 11.3. The molecule has 0 spiro atoms. The predicted octanol–water partition coefficient (Wildman–Crippen LogP) is 1.96. The Labute approximate surface area is 89.5 Å². The molecule has 0 amide bonds. The topological polar surface area (TPSA) is 53.7 Å². The molecule has 0 fully saturated rings. The Morgan fingerprint density at radius 1 is 1.60 bits per heavy atom. The molecule has 84 valence electrons. The van der Waals surface area contributed by atoms with Gasteiger partial charge in [-0.15, -0.1) is 0 Å². The van der Waals surface area contributed by atoms with Crippen LogP contribution in [0.2, 0.25) is 0 Å². The Morgan fingerprint density at radius 3 is 2.73 bits per heavy atom. The molecule has 1 aromatic heterocycles. The molecule has 0 saturated carbocycles. The van der Waals surface area contributed by atoms with Crippen LogP contribution in [0.3, 0.4) is 0 Å². The van der Waals surface area contributed by atoms with Gasteiger partial charge in [-0.2, -0.15) is 0 Å². The highest BCUT2D eigenvalue weighted by Gasteiger charge is 2.22. The predicted molar refractivity (Wildman–Crippen MR) is 56.5 cm³/mol. The van der Waals surface area contributed by atoms with Gasteiger partial charge in [-0.25, -0.2) is 0 Å². The highest BCUT2D eigenvalue weighted by molar-refractivity contribution is 5.73. The van der Waals surface area contributed by atoms with Crippen molar-refractivity contribution in [1.82, 2.24) is 4.90 Å². The SMILES string of the molecule is CCC(C(=O)O)N(CC)Cc1ccco1. The van der Waals surface area contributed by atoms with Crippen LogP contribution in [-0.4, -0.2) is 28.6 Å². The molecule has 1 rings (SSSR count). The first-order valence-corrected chi connectivity index (χ1v) is 5.18. The maximum atomic E-state index is 11.0. The zero-order valence-electron chi connectivity index (χ0n) is 9.14. The van der Waals surface area contributed by atoms with Crippen LogP contribution in [0.15, 0.2) is 22.8 Å². The fourth-order valence-electron chi connectivity index (χ4n) is 1.63. The van der Waals surface area contributed by atoms with Crippen LogP contribution in [0.25, 0.3) is 0 Å². The van der Waals surface area contributed by atoms with E-state index < -0.39 is 12.0 Å². The van der Waals surface area contributed by atoms with Crippen LogP contribution >= 0.6 is 0 Å². The van der Waals surface area contributed by atoms with E-state index in [2.05, 4.69) is 0 Å². The maximum Gasteiger partial charge on any atom is 0.320 e. The van der Waals surface area contributed by atoms with Crippen molar-refractivity contribution in [3.8, 4) is 0 Å². The summed E-state index contributed by atoms with van der Waals surface area (Å²) in [6.45, 7) is 5.08. The number of aliphatic carboxylic acids is 1. The first-order chi connectivity index (χ1) is 7.19. The summed E-state index contributed by atoms with van der Waals surface area (Å²) in [6, 6.07) is 3.24. The molecule has 4 nitrogen and oxygen atoms in total. The van der Waals surface area contributed by atoms with Gasteiger partial charge in [0.15, 0.2) is 0 Å². The van der Waals surface area contributed by atoms with Gasteiger partial charge in [-0.05, 0) is 25.1 Å². The van der Waals surface area contributed by atoms with Gasteiger partial charge in [-0.1, -0.05) is 13.8 Å². The number of nitrogens with zero attached hydrogens (tertiary/aromatic N) is 1. The lowest BCUT2D eigenvalue weighted by Crippen LogP contribution is -2.40. The molecular formula is C11H17NO3. The number of hydrogen-bond donors (Lipinski definition) is 1. The van der Waals surface area contributed by atoms with Crippen molar-refractivity contribution in [3.05, 3.63) is 24.2 Å². The molecular weight excluding hydrogens is 194 g/mol. The van der Waals surface area contributed by atoms with Gasteiger partial charge >= 0.3 is 5.97 Å². The summed E-state index contributed by atoms with van der Waals surface area (Å²) in [6.07, 6.45) is 2.20.